The summed E-state index contributed by atoms with van der Waals surface area (Å²) in [5.74, 6) is 2.62. The maximum absolute atomic E-state index is 5.98. The Bertz CT molecular complexity index is 737. The Morgan fingerprint density at radius 3 is 2.68 bits per heavy atom. The number of hydrogen-bond acceptors (Lipinski definition) is 4. The molecule has 1 aliphatic heterocycles. The number of aliphatic imine (C=N–C) groups is 1. The zero-order valence-electron chi connectivity index (χ0n) is 16.6. The molecule has 1 aliphatic rings. The summed E-state index contributed by atoms with van der Waals surface area (Å²) in [5.41, 5.74) is 2.39. The summed E-state index contributed by atoms with van der Waals surface area (Å²) in [6.07, 6.45) is 1.05. The van der Waals surface area contributed by atoms with Crippen molar-refractivity contribution in [3.8, 4) is 11.5 Å². The van der Waals surface area contributed by atoms with Crippen LogP contribution in [0.25, 0.3) is 0 Å². The molecule has 1 heterocycles. The number of ether oxygens (including phenoxy) is 3. The van der Waals surface area contributed by atoms with Crippen molar-refractivity contribution >= 4 is 5.96 Å². The van der Waals surface area contributed by atoms with E-state index in [9.17, 15) is 0 Å². The Kier molecular flexibility index (Phi) is 7.55. The number of fused-ring (bicyclic) bond motifs is 1. The molecule has 0 aliphatic carbocycles. The summed E-state index contributed by atoms with van der Waals surface area (Å²) in [5, 5.41) is 6.68. The third kappa shape index (κ3) is 5.89. The van der Waals surface area contributed by atoms with Gasteiger partial charge in [0, 0.05) is 20.1 Å². The van der Waals surface area contributed by atoms with Crippen molar-refractivity contribution in [2.75, 3.05) is 33.4 Å². The van der Waals surface area contributed by atoms with Gasteiger partial charge in [-0.15, -0.1) is 0 Å². The molecule has 150 valence electrons. The van der Waals surface area contributed by atoms with Gasteiger partial charge in [0.15, 0.2) is 5.96 Å². The number of nitrogens with one attached hydrogen (secondary N) is 2. The van der Waals surface area contributed by atoms with Crippen molar-refractivity contribution in [2.24, 2.45) is 4.99 Å². The molecule has 0 fully saturated rings. The van der Waals surface area contributed by atoms with Gasteiger partial charge in [0.25, 0.3) is 0 Å². The predicted molar refractivity (Wildman–Crippen MR) is 111 cm³/mol. The van der Waals surface area contributed by atoms with Crippen LogP contribution in [0.4, 0.5) is 0 Å². The number of rotatable bonds is 9. The minimum atomic E-state index is 0.129. The molecule has 0 saturated carbocycles. The summed E-state index contributed by atoms with van der Waals surface area (Å²) in [6, 6.07) is 16.2. The van der Waals surface area contributed by atoms with E-state index in [2.05, 4.69) is 34.7 Å². The topological polar surface area (TPSA) is 64.1 Å². The predicted octanol–water partition coefficient (Wildman–Crippen LogP) is 2.77. The molecular weight excluding hydrogens is 354 g/mol. The second-order valence-electron chi connectivity index (χ2n) is 6.61. The summed E-state index contributed by atoms with van der Waals surface area (Å²) in [7, 11) is 1.66. The standard InChI is InChI=1S/C22H29N3O3/c1-3-23-22(25-16-20-14-18-6-4-5-7-21(18)28-20)24-15-17-8-10-19(11-9-17)27-13-12-26-2/h4-11,20H,3,12-16H2,1-2H3,(H2,23,24,25). The fraction of sp³-hybridized carbons (Fsp3) is 0.409. The Morgan fingerprint density at radius 1 is 1.11 bits per heavy atom. The molecule has 1 atom stereocenters. The number of nitrogens with zero attached hydrogens (tertiary/aromatic N) is 1. The molecule has 28 heavy (non-hydrogen) atoms. The van der Waals surface area contributed by atoms with Crippen molar-refractivity contribution in [2.45, 2.75) is 26.0 Å². The quantitative estimate of drug-likeness (QED) is 0.396. The van der Waals surface area contributed by atoms with E-state index in [1.807, 2.05) is 36.4 Å². The van der Waals surface area contributed by atoms with Gasteiger partial charge in [-0.05, 0) is 36.2 Å². The second kappa shape index (κ2) is 10.6. The van der Waals surface area contributed by atoms with Crippen LogP contribution in [0, 0.1) is 0 Å². The smallest absolute Gasteiger partial charge is 0.191 e. The lowest BCUT2D eigenvalue weighted by Crippen LogP contribution is -2.42. The van der Waals surface area contributed by atoms with Crippen LogP contribution in [-0.2, 0) is 17.7 Å². The first-order chi connectivity index (χ1) is 13.8. The molecular formula is C22H29N3O3. The van der Waals surface area contributed by atoms with E-state index in [1.54, 1.807) is 7.11 Å². The normalized spacial score (nSPS) is 15.6. The molecule has 6 heteroatoms. The van der Waals surface area contributed by atoms with Crippen LogP contribution < -0.4 is 20.1 Å². The molecule has 1 unspecified atom stereocenters. The highest BCUT2D eigenvalue weighted by molar-refractivity contribution is 5.79. The number of para-hydroxylation sites is 1. The summed E-state index contributed by atoms with van der Waals surface area (Å²) in [4.78, 5) is 4.68. The molecule has 0 aromatic heterocycles. The van der Waals surface area contributed by atoms with Gasteiger partial charge >= 0.3 is 0 Å². The van der Waals surface area contributed by atoms with Gasteiger partial charge in [-0.25, -0.2) is 4.99 Å². The SMILES string of the molecule is CCNC(=NCc1ccc(OCCOC)cc1)NCC1Cc2ccccc2O1. The van der Waals surface area contributed by atoms with E-state index < -0.39 is 0 Å². The first-order valence-corrected chi connectivity index (χ1v) is 9.76. The molecule has 0 spiro atoms. The molecule has 0 bridgehead atoms. The van der Waals surface area contributed by atoms with E-state index in [0.717, 1.165) is 36.0 Å². The van der Waals surface area contributed by atoms with Crippen molar-refractivity contribution in [3.63, 3.8) is 0 Å². The number of guanidine groups is 1. The van der Waals surface area contributed by atoms with Crippen LogP contribution in [0.15, 0.2) is 53.5 Å². The van der Waals surface area contributed by atoms with E-state index in [4.69, 9.17) is 14.2 Å². The first kappa shape index (κ1) is 20.0. The molecule has 0 saturated heterocycles. The fourth-order valence-electron chi connectivity index (χ4n) is 3.02. The maximum Gasteiger partial charge on any atom is 0.191 e. The minimum absolute atomic E-state index is 0.129. The molecule has 2 N–H and O–H groups in total. The fourth-order valence-corrected chi connectivity index (χ4v) is 3.02. The van der Waals surface area contributed by atoms with Gasteiger partial charge in [-0.2, -0.15) is 0 Å². The Hall–Kier alpha value is -2.73. The summed E-state index contributed by atoms with van der Waals surface area (Å²) >= 11 is 0. The van der Waals surface area contributed by atoms with Gasteiger partial charge in [-0.1, -0.05) is 30.3 Å². The third-order valence-electron chi connectivity index (χ3n) is 4.45. The monoisotopic (exact) mass is 383 g/mol. The van der Waals surface area contributed by atoms with Crippen LogP contribution in [-0.4, -0.2) is 45.5 Å². The van der Waals surface area contributed by atoms with Crippen LogP contribution in [0.1, 0.15) is 18.1 Å². The van der Waals surface area contributed by atoms with Crippen molar-refractivity contribution in [1.82, 2.24) is 10.6 Å². The van der Waals surface area contributed by atoms with E-state index in [1.165, 1.54) is 5.56 Å². The van der Waals surface area contributed by atoms with Crippen LogP contribution in [0.2, 0.25) is 0 Å². The van der Waals surface area contributed by atoms with Crippen LogP contribution in [0.5, 0.6) is 11.5 Å². The number of hydrogen-bond donors (Lipinski definition) is 2. The molecule has 0 radical (unpaired) electrons. The maximum atomic E-state index is 5.98. The van der Waals surface area contributed by atoms with Crippen molar-refractivity contribution in [1.29, 1.82) is 0 Å². The van der Waals surface area contributed by atoms with Crippen molar-refractivity contribution in [3.05, 3.63) is 59.7 Å². The average Bonchev–Trinajstić information content (AvgIpc) is 3.14. The van der Waals surface area contributed by atoms with Gasteiger partial charge in [0.1, 0.15) is 24.2 Å². The highest BCUT2D eigenvalue weighted by Gasteiger charge is 2.22. The molecule has 6 nitrogen and oxygen atoms in total. The second-order valence-corrected chi connectivity index (χ2v) is 6.61. The lowest BCUT2D eigenvalue weighted by Gasteiger charge is -2.15. The van der Waals surface area contributed by atoms with E-state index in [0.29, 0.717) is 26.3 Å². The van der Waals surface area contributed by atoms with Crippen LogP contribution in [0.3, 0.4) is 0 Å². The van der Waals surface area contributed by atoms with Crippen molar-refractivity contribution < 1.29 is 14.2 Å². The van der Waals surface area contributed by atoms with E-state index in [-0.39, 0.29) is 6.10 Å². The van der Waals surface area contributed by atoms with Gasteiger partial charge < -0.3 is 24.8 Å². The highest BCUT2D eigenvalue weighted by Crippen LogP contribution is 2.27. The van der Waals surface area contributed by atoms with E-state index >= 15 is 0 Å². The largest absolute Gasteiger partial charge is 0.491 e. The lowest BCUT2D eigenvalue weighted by molar-refractivity contribution is 0.146. The van der Waals surface area contributed by atoms with Gasteiger partial charge in [0.05, 0.1) is 19.7 Å². The Balaban J connectivity index is 1.49. The first-order valence-electron chi connectivity index (χ1n) is 9.76. The highest BCUT2D eigenvalue weighted by atomic mass is 16.5. The third-order valence-corrected chi connectivity index (χ3v) is 4.45. The summed E-state index contributed by atoms with van der Waals surface area (Å²) < 4.78 is 16.6. The molecule has 2 aromatic carbocycles. The molecule has 2 aromatic rings. The number of benzene rings is 2. The van der Waals surface area contributed by atoms with Gasteiger partial charge in [0.2, 0.25) is 0 Å². The zero-order chi connectivity index (χ0) is 19.6. The Labute approximate surface area is 166 Å². The van der Waals surface area contributed by atoms with Gasteiger partial charge in [-0.3, -0.25) is 0 Å². The van der Waals surface area contributed by atoms with Crippen LogP contribution >= 0.6 is 0 Å². The summed E-state index contributed by atoms with van der Waals surface area (Å²) in [6.45, 7) is 5.32. The lowest BCUT2D eigenvalue weighted by atomic mass is 10.1. The molecule has 3 rings (SSSR count). The Morgan fingerprint density at radius 2 is 1.93 bits per heavy atom. The minimum Gasteiger partial charge on any atom is -0.491 e. The number of methoxy groups -OCH3 is 1. The average molecular weight is 383 g/mol. The zero-order valence-corrected chi connectivity index (χ0v) is 16.6. The molecule has 0 amide bonds.